The van der Waals surface area contributed by atoms with Crippen LogP contribution in [0.4, 0.5) is 5.69 Å². The van der Waals surface area contributed by atoms with Gasteiger partial charge in [0.1, 0.15) is 5.75 Å². The van der Waals surface area contributed by atoms with Crippen LogP contribution in [0.2, 0.25) is 0 Å². The molecule has 28 heavy (non-hydrogen) atoms. The number of amides is 1. The van der Waals surface area contributed by atoms with Crippen molar-refractivity contribution >= 4 is 38.4 Å². The third-order valence-electron chi connectivity index (χ3n) is 4.43. The first-order chi connectivity index (χ1) is 13.6. The Hall–Kier alpha value is -3.18. The minimum Gasteiger partial charge on any atom is -0.497 e. The number of rotatable bonds is 4. The van der Waals surface area contributed by atoms with Gasteiger partial charge in [0.05, 0.1) is 23.9 Å². The van der Waals surface area contributed by atoms with E-state index < -0.39 is 0 Å². The van der Waals surface area contributed by atoms with Crippen LogP contribution < -0.4 is 10.1 Å². The molecule has 4 nitrogen and oxygen atoms in total. The van der Waals surface area contributed by atoms with Crippen molar-refractivity contribution in [2.24, 2.45) is 0 Å². The van der Waals surface area contributed by atoms with E-state index in [9.17, 15) is 4.79 Å². The van der Waals surface area contributed by atoms with Gasteiger partial charge in [-0.3, -0.25) is 4.79 Å². The van der Waals surface area contributed by atoms with Gasteiger partial charge in [0, 0.05) is 21.1 Å². The third kappa shape index (κ3) is 3.75. The van der Waals surface area contributed by atoms with E-state index in [1.807, 2.05) is 78.9 Å². The SMILES string of the molecule is COc1cccc(-c2cc(C(=O)Nc3ccc(Br)cc3)c3ccccc3n2)c1. The van der Waals surface area contributed by atoms with E-state index in [0.717, 1.165) is 38.1 Å². The van der Waals surface area contributed by atoms with Crippen LogP contribution in [0.1, 0.15) is 10.4 Å². The van der Waals surface area contributed by atoms with Gasteiger partial charge in [-0.25, -0.2) is 4.98 Å². The van der Waals surface area contributed by atoms with Gasteiger partial charge >= 0.3 is 0 Å². The molecule has 0 aliphatic rings. The molecular formula is C23H17BrN2O2. The van der Waals surface area contributed by atoms with Crippen LogP contribution in [0.3, 0.4) is 0 Å². The highest BCUT2D eigenvalue weighted by atomic mass is 79.9. The topological polar surface area (TPSA) is 51.2 Å². The maximum atomic E-state index is 13.0. The summed E-state index contributed by atoms with van der Waals surface area (Å²) >= 11 is 3.41. The lowest BCUT2D eigenvalue weighted by molar-refractivity contribution is 0.102. The van der Waals surface area contributed by atoms with Crippen LogP contribution in [0.5, 0.6) is 5.75 Å². The van der Waals surface area contributed by atoms with Gasteiger partial charge in [-0.2, -0.15) is 0 Å². The molecule has 0 bridgehead atoms. The van der Waals surface area contributed by atoms with Crippen molar-refractivity contribution < 1.29 is 9.53 Å². The van der Waals surface area contributed by atoms with Gasteiger partial charge in [0.2, 0.25) is 0 Å². The van der Waals surface area contributed by atoms with E-state index >= 15 is 0 Å². The molecule has 138 valence electrons. The first kappa shape index (κ1) is 18.2. The Kier molecular flexibility index (Phi) is 5.08. The van der Waals surface area contributed by atoms with Gasteiger partial charge in [0.25, 0.3) is 5.91 Å². The van der Waals surface area contributed by atoms with Crippen LogP contribution in [0.25, 0.3) is 22.2 Å². The van der Waals surface area contributed by atoms with Crippen LogP contribution in [0.15, 0.2) is 83.3 Å². The number of halogens is 1. The molecule has 0 aliphatic carbocycles. The van der Waals surface area contributed by atoms with Crippen molar-refractivity contribution in [2.75, 3.05) is 12.4 Å². The van der Waals surface area contributed by atoms with E-state index in [1.54, 1.807) is 7.11 Å². The molecule has 4 rings (SSSR count). The number of methoxy groups -OCH3 is 1. The Labute approximate surface area is 171 Å². The molecule has 1 amide bonds. The number of carbonyl (C=O) groups is 1. The monoisotopic (exact) mass is 432 g/mol. The fraction of sp³-hybridized carbons (Fsp3) is 0.0435. The zero-order valence-electron chi connectivity index (χ0n) is 15.1. The van der Waals surface area contributed by atoms with Crippen LogP contribution in [-0.2, 0) is 0 Å². The molecule has 0 fully saturated rings. The van der Waals surface area contributed by atoms with Gasteiger partial charge < -0.3 is 10.1 Å². The maximum absolute atomic E-state index is 13.0. The summed E-state index contributed by atoms with van der Waals surface area (Å²) in [6.07, 6.45) is 0. The normalized spacial score (nSPS) is 10.6. The van der Waals surface area contributed by atoms with E-state index in [4.69, 9.17) is 9.72 Å². The standard InChI is InChI=1S/C23H17BrN2O2/c1-28-18-6-4-5-15(13-18)22-14-20(19-7-2-3-8-21(19)26-22)23(27)25-17-11-9-16(24)10-12-17/h2-14H,1H3,(H,25,27). The third-order valence-corrected chi connectivity index (χ3v) is 4.96. The Morgan fingerprint density at radius 3 is 2.54 bits per heavy atom. The number of aromatic nitrogens is 1. The summed E-state index contributed by atoms with van der Waals surface area (Å²) in [4.78, 5) is 17.8. The molecule has 0 saturated carbocycles. The molecule has 1 heterocycles. The summed E-state index contributed by atoms with van der Waals surface area (Å²) < 4.78 is 6.28. The van der Waals surface area contributed by atoms with Crippen molar-refractivity contribution in [2.45, 2.75) is 0 Å². The minimum atomic E-state index is -0.176. The Morgan fingerprint density at radius 1 is 0.964 bits per heavy atom. The number of nitrogens with one attached hydrogen (secondary N) is 1. The summed E-state index contributed by atoms with van der Waals surface area (Å²) in [7, 11) is 1.63. The lowest BCUT2D eigenvalue weighted by Gasteiger charge is -2.11. The number of benzene rings is 3. The Bertz CT molecular complexity index is 1160. The predicted molar refractivity (Wildman–Crippen MR) is 116 cm³/mol. The fourth-order valence-electron chi connectivity index (χ4n) is 3.03. The number of hydrogen-bond donors (Lipinski definition) is 1. The van der Waals surface area contributed by atoms with Gasteiger partial charge in [-0.1, -0.05) is 46.3 Å². The molecule has 0 saturated heterocycles. The molecule has 0 radical (unpaired) electrons. The van der Waals surface area contributed by atoms with Crippen molar-refractivity contribution in [3.8, 4) is 17.0 Å². The second-order valence-corrected chi connectivity index (χ2v) is 7.18. The molecule has 0 aliphatic heterocycles. The average molecular weight is 433 g/mol. The molecular weight excluding hydrogens is 416 g/mol. The molecule has 4 aromatic rings. The molecule has 0 spiro atoms. The number of para-hydroxylation sites is 1. The average Bonchev–Trinajstić information content (AvgIpc) is 2.74. The summed E-state index contributed by atoms with van der Waals surface area (Å²) in [6, 6.07) is 24.6. The molecule has 0 unspecified atom stereocenters. The summed E-state index contributed by atoms with van der Waals surface area (Å²) in [5.41, 5.74) is 3.69. The lowest BCUT2D eigenvalue weighted by atomic mass is 10.0. The Morgan fingerprint density at radius 2 is 1.75 bits per heavy atom. The molecule has 0 atom stereocenters. The predicted octanol–water partition coefficient (Wildman–Crippen LogP) is 5.93. The summed E-state index contributed by atoms with van der Waals surface area (Å²) in [5, 5.41) is 3.78. The number of anilines is 1. The maximum Gasteiger partial charge on any atom is 0.256 e. The van der Waals surface area contributed by atoms with Gasteiger partial charge in [0.15, 0.2) is 0 Å². The summed E-state index contributed by atoms with van der Waals surface area (Å²) in [6.45, 7) is 0. The highest BCUT2D eigenvalue weighted by Gasteiger charge is 2.14. The van der Waals surface area contributed by atoms with E-state index in [1.165, 1.54) is 0 Å². The quantitative estimate of drug-likeness (QED) is 0.434. The fourth-order valence-corrected chi connectivity index (χ4v) is 3.29. The number of ether oxygens (including phenoxy) is 1. The number of pyridine rings is 1. The van der Waals surface area contributed by atoms with Gasteiger partial charge in [-0.05, 0) is 48.5 Å². The molecule has 1 aromatic heterocycles. The lowest BCUT2D eigenvalue weighted by Crippen LogP contribution is -2.13. The van der Waals surface area contributed by atoms with Gasteiger partial charge in [-0.15, -0.1) is 0 Å². The van der Waals surface area contributed by atoms with E-state index in [-0.39, 0.29) is 5.91 Å². The van der Waals surface area contributed by atoms with Crippen molar-refractivity contribution in [1.82, 2.24) is 4.98 Å². The smallest absolute Gasteiger partial charge is 0.256 e. The van der Waals surface area contributed by atoms with Crippen molar-refractivity contribution in [1.29, 1.82) is 0 Å². The van der Waals surface area contributed by atoms with E-state index in [0.29, 0.717) is 5.56 Å². The molecule has 1 N–H and O–H groups in total. The molecule has 5 heteroatoms. The van der Waals surface area contributed by atoms with Crippen LogP contribution in [0, 0.1) is 0 Å². The number of nitrogens with zero attached hydrogens (tertiary/aromatic N) is 1. The van der Waals surface area contributed by atoms with Crippen molar-refractivity contribution in [3.63, 3.8) is 0 Å². The highest BCUT2D eigenvalue weighted by molar-refractivity contribution is 9.10. The second kappa shape index (κ2) is 7.82. The van der Waals surface area contributed by atoms with E-state index in [2.05, 4.69) is 21.2 Å². The van der Waals surface area contributed by atoms with Crippen LogP contribution in [-0.4, -0.2) is 18.0 Å². The zero-order valence-corrected chi connectivity index (χ0v) is 16.7. The number of carbonyl (C=O) groups excluding carboxylic acids is 1. The van der Waals surface area contributed by atoms with Crippen LogP contribution >= 0.6 is 15.9 Å². The minimum absolute atomic E-state index is 0.176. The zero-order chi connectivity index (χ0) is 19.5. The largest absolute Gasteiger partial charge is 0.497 e. The Balaban J connectivity index is 1.79. The second-order valence-electron chi connectivity index (χ2n) is 6.27. The number of fused-ring (bicyclic) bond motifs is 1. The first-order valence-corrected chi connectivity index (χ1v) is 9.54. The summed E-state index contributed by atoms with van der Waals surface area (Å²) in [5.74, 6) is 0.568. The molecule has 3 aromatic carbocycles. The first-order valence-electron chi connectivity index (χ1n) is 8.75. The highest BCUT2D eigenvalue weighted by Crippen LogP contribution is 2.28. The number of hydrogen-bond acceptors (Lipinski definition) is 3. The van der Waals surface area contributed by atoms with Crippen molar-refractivity contribution in [3.05, 3.63) is 88.9 Å².